The monoisotopic (exact) mass is 415 g/mol. The number of rotatable bonds is 5. The molecule has 0 unspecified atom stereocenters. The van der Waals surface area contributed by atoms with Gasteiger partial charge in [-0.25, -0.2) is 4.79 Å². The molecule has 0 radical (unpaired) electrons. The molecule has 6 nitrogen and oxygen atoms in total. The Morgan fingerprint density at radius 3 is 2.41 bits per heavy atom. The molecule has 1 aromatic heterocycles. The molecule has 2 N–H and O–H groups in total. The highest BCUT2D eigenvalue weighted by Gasteiger charge is 2.32. The first-order valence-corrected chi connectivity index (χ1v) is 8.40. The Kier molecular flexibility index (Phi) is 5.29. The van der Waals surface area contributed by atoms with Crippen molar-refractivity contribution in [1.29, 1.82) is 0 Å². The molecular weight excluding hydrogens is 407 g/mol. The number of hydrogen-bond acceptors (Lipinski definition) is 5. The van der Waals surface area contributed by atoms with E-state index in [1.807, 2.05) is 0 Å². The lowest BCUT2D eigenvalue weighted by molar-refractivity contribution is -0.274. The summed E-state index contributed by atoms with van der Waals surface area (Å²) < 4.78 is 41.2. The first kappa shape index (κ1) is 19.1. The van der Waals surface area contributed by atoms with Crippen LogP contribution in [0.3, 0.4) is 0 Å². The van der Waals surface area contributed by atoms with E-state index < -0.39 is 18.1 Å². The number of alkyl halides is 3. The van der Waals surface area contributed by atoms with Gasteiger partial charge in [0.1, 0.15) is 5.75 Å². The van der Waals surface area contributed by atoms with Gasteiger partial charge >= 0.3 is 12.3 Å². The van der Waals surface area contributed by atoms with Gasteiger partial charge in [-0.15, -0.1) is 23.4 Å². The van der Waals surface area contributed by atoms with Gasteiger partial charge < -0.3 is 9.84 Å². The first-order chi connectivity index (χ1) is 12.7. The minimum Gasteiger partial charge on any atom is -0.476 e. The molecule has 3 aromatic rings. The number of nitrogens with one attached hydrogen (secondary N) is 1. The van der Waals surface area contributed by atoms with Crippen molar-refractivity contribution < 1.29 is 27.8 Å². The average Bonchev–Trinajstić information content (AvgIpc) is 3.05. The number of carboxylic acid groups (broad SMARTS) is 1. The van der Waals surface area contributed by atoms with Gasteiger partial charge in [-0.3, -0.25) is 0 Å². The molecule has 0 aliphatic rings. The Hall–Kier alpha value is -2.72. The van der Waals surface area contributed by atoms with Crippen molar-refractivity contribution in [2.45, 2.75) is 16.3 Å². The van der Waals surface area contributed by atoms with Crippen LogP contribution in [0.2, 0.25) is 5.02 Å². The Morgan fingerprint density at radius 2 is 1.78 bits per heavy atom. The molecule has 140 valence electrons. The molecule has 0 amide bonds. The van der Waals surface area contributed by atoms with Crippen LogP contribution in [0.5, 0.6) is 5.75 Å². The van der Waals surface area contributed by atoms with E-state index in [0.29, 0.717) is 16.0 Å². The molecule has 1 heterocycles. The second kappa shape index (κ2) is 7.49. The minimum absolute atomic E-state index is 0.157. The standard InChI is InChI=1S/C16H9ClF3N3O3S/c17-11-6-3-9(7-12(11)26-16(18,19)20)8-1-4-10(5-2-8)27-14-13(15(24)25)21-23-22-14/h1-7H,(H,24,25)(H,21,22,23). The smallest absolute Gasteiger partial charge is 0.476 e. The molecule has 2 aromatic carbocycles. The van der Waals surface area contributed by atoms with Crippen molar-refractivity contribution in [2.24, 2.45) is 0 Å². The van der Waals surface area contributed by atoms with E-state index in [4.69, 9.17) is 16.7 Å². The molecule has 0 saturated heterocycles. The van der Waals surface area contributed by atoms with Gasteiger partial charge in [0.25, 0.3) is 0 Å². The summed E-state index contributed by atoms with van der Waals surface area (Å²) in [5.74, 6) is -1.70. The third-order valence-corrected chi connectivity index (χ3v) is 4.58. The Balaban J connectivity index is 1.82. The highest BCUT2D eigenvalue weighted by Crippen LogP contribution is 2.35. The molecular formula is C16H9ClF3N3O3S. The summed E-state index contributed by atoms with van der Waals surface area (Å²) in [5.41, 5.74) is 0.903. The zero-order chi connectivity index (χ0) is 19.6. The van der Waals surface area contributed by atoms with Crippen molar-refractivity contribution in [2.75, 3.05) is 0 Å². The Labute approximate surface area is 159 Å². The molecule has 27 heavy (non-hydrogen) atoms. The summed E-state index contributed by atoms with van der Waals surface area (Å²) in [6, 6.07) is 10.8. The van der Waals surface area contributed by atoms with Crippen LogP contribution in [0, 0.1) is 0 Å². The van der Waals surface area contributed by atoms with Gasteiger partial charge in [-0.1, -0.05) is 41.6 Å². The fourth-order valence-corrected chi connectivity index (χ4v) is 3.11. The number of H-pyrrole nitrogens is 1. The van der Waals surface area contributed by atoms with E-state index in [-0.39, 0.29) is 15.7 Å². The van der Waals surface area contributed by atoms with Crippen molar-refractivity contribution in [3.63, 3.8) is 0 Å². The fourth-order valence-electron chi connectivity index (χ4n) is 2.14. The quantitative estimate of drug-likeness (QED) is 0.618. The molecule has 0 aliphatic heterocycles. The highest BCUT2D eigenvalue weighted by atomic mass is 35.5. The van der Waals surface area contributed by atoms with Gasteiger partial charge in [-0.05, 0) is 35.4 Å². The molecule has 0 spiro atoms. The maximum Gasteiger partial charge on any atom is 0.573 e. The maximum atomic E-state index is 12.4. The van der Waals surface area contributed by atoms with E-state index in [1.54, 1.807) is 30.3 Å². The van der Waals surface area contributed by atoms with E-state index in [9.17, 15) is 18.0 Å². The largest absolute Gasteiger partial charge is 0.573 e. The van der Waals surface area contributed by atoms with Gasteiger partial charge in [0.05, 0.1) is 5.02 Å². The number of benzene rings is 2. The normalized spacial score (nSPS) is 11.4. The minimum atomic E-state index is -4.85. The summed E-state index contributed by atoms with van der Waals surface area (Å²) in [7, 11) is 0. The molecule has 0 bridgehead atoms. The number of aromatic carboxylic acids is 1. The zero-order valence-electron chi connectivity index (χ0n) is 13.1. The third kappa shape index (κ3) is 4.72. The molecule has 0 atom stereocenters. The van der Waals surface area contributed by atoms with Crippen LogP contribution in [-0.2, 0) is 0 Å². The van der Waals surface area contributed by atoms with Crippen molar-refractivity contribution in [3.8, 4) is 16.9 Å². The SMILES string of the molecule is O=C(O)c1n[nH]nc1Sc1ccc(-c2ccc(Cl)c(OC(F)(F)F)c2)cc1. The van der Waals surface area contributed by atoms with Crippen LogP contribution in [0.25, 0.3) is 11.1 Å². The number of ether oxygens (including phenoxy) is 1. The third-order valence-electron chi connectivity index (χ3n) is 3.28. The number of aromatic amines is 1. The van der Waals surface area contributed by atoms with Gasteiger partial charge in [0, 0.05) is 4.90 Å². The van der Waals surface area contributed by atoms with Crippen molar-refractivity contribution in [3.05, 3.63) is 53.2 Å². The van der Waals surface area contributed by atoms with Crippen LogP contribution in [-0.4, -0.2) is 32.8 Å². The number of nitrogens with zero attached hydrogens (tertiary/aromatic N) is 2. The summed E-state index contributed by atoms with van der Waals surface area (Å²) >= 11 is 6.83. The van der Waals surface area contributed by atoms with Gasteiger partial charge in [-0.2, -0.15) is 5.21 Å². The lowest BCUT2D eigenvalue weighted by Crippen LogP contribution is -2.17. The first-order valence-electron chi connectivity index (χ1n) is 7.20. The molecule has 0 aliphatic carbocycles. The predicted octanol–water partition coefficient (Wildman–Crippen LogP) is 4.87. The van der Waals surface area contributed by atoms with Crippen LogP contribution in [0.1, 0.15) is 10.5 Å². The number of hydrogen-bond donors (Lipinski definition) is 2. The molecule has 3 rings (SSSR count). The van der Waals surface area contributed by atoms with E-state index in [2.05, 4.69) is 20.1 Å². The Bertz CT molecular complexity index is 977. The second-order valence-electron chi connectivity index (χ2n) is 5.10. The fraction of sp³-hybridized carbons (Fsp3) is 0.0625. The lowest BCUT2D eigenvalue weighted by Gasteiger charge is -2.12. The summed E-state index contributed by atoms with van der Waals surface area (Å²) in [4.78, 5) is 11.7. The number of carbonyl (C=O) groups is 1. The van der Waals surface area contributed by atoms with E-state index >= 15 is 0 Å². The zero-order valence-corrected chi connectivity index (χ0v) is 14.7. The topological polar surface area (TPSA) is 88.1 Å². The maximum absolute atomic E-state index is 12.4. The average molecular weight is 416 g/mol. The van der Waals surface area contributed by atoms with Crippen LogP contribution in [0.4, 0.5) is 13.2 Å². The lowest BCUT2D eigenvalue weighted by atomic mass is 10.1. The number of halogens is 4. The van der Waals surface area contributed by atoms with Crippen LogP contribution < -0.4 is 4.74 Å². The van der Waals surface area contributed by atoms with Crippen LogP contribution >= 0.6 is 23.4 Å². The number of carboxylic acids is 1. The molecule has 0 saturated carbocycles. The van der Waals surface area contributed by atoms with Crippen molar-refractivity contribution >= 4 is 29.3 Å². The van der Waals surface area contributed by atoms with E-state index in [0.717, 1.165) is 11.8 Å². The summed E-state index contributed by atoms with van der Waals surface area (Å²) in [6.45, 7) is 0. The Morgan fingerprint density at radius 1 is 1.11 bits per heavy atom. The number of aromatic nitrogens is 3. The molecule has 0 fully saturated rings. The second-order valence-corrected chi connectivity index (χ2v) is 6.57. The van der Waals surface area contributed by atoms with E-state index in [1.165, 1.54) is 12.1 Å². The predicted molar refractivity (Wildman–Crippen MR) is 91.0 cm³/mol. The van der Waals surface area contributed by atoms with Gasteiger partial charge in [0.15, 0.2) is 5.03 Å². The summed E-state index contributed by atoms with van der Waals surface area (Å²) in [6.07, 6.45) is -4.85. The molecule has 11 heteroatoms. The highest BCUT2D eigenvalue weighted by molar-refractivity contribution is 7.99. The summed E-state index contributed by atoms with van der Waals surface area (Å²) in [5, 5.41) is 18.6. The van der Waals surface area contributed by atoms with Crippen LogP contribution in [0.15, 0.2) is 52.4 Å². The van der Waals surface area contributed by atoms with Gasteiger partial charge in [0.2, 0.25) is 5.69 Å². The van der Waals surface area contributed by atoms with Crippen molar-refractivity contribution in [1.82, 2.24) is 15.4 Å².